The normalized spacial score (nSPS) is 11.4. The third-order valence-electron chi connectivity index (χ3n) is 7.50. The monoisotopic (exact) mass is 720 g/mol. The van der Waals surface area contributed by atoms with Gasteiger partial charge in [-0.25, -0.2) is 4.57 Å². The number of hydrogen-bond donors (Lipinski definition) is 2. The minimum Gasteiger partial charge on any atom is -0.790 e. The molecule has 0 aliphatic rings. The van der Waals surface area contributed by atoms with E-state index in [2.05, 4.69) is 22.9 Å². The van der Waals surface area contributed by atoms with Gasteiger partial charge in [0.05, 0.1) is 21.0 Å². The van der Waals surface area contributed by atoms with Crippen LogP contribution in [0.2, 0.25) is 0 Å². The second kappa shape index (κ2) is 42.7. The maximum Gasteiger partial charge on any atom is 1.00 e. The van der Waals surface area contributed by atoms with Crippen molar-refractivity contribution < 1.29 is 141 Å². The first kappa shape index (κ1) is 54.3. The molecule has 0 aromatic carbocycles. The standard InChI is InChI=1S/2C16H35O4P.2K/c2*1-2-3-4-5-6-7-8-9-10-11-12-13-14-15-16-20-21(17,18)19;;/h2*2-16H2,1H3,(H2,17,18,19);;/q;;2*+1/p-2. The van der Waals surface area contributed by atoms with Gasteiger partial charge in [-0.05, 0) is 12.8 Å². The van der Waals surface area contributed by atoms with E-state index in [9.17, 15) is 18.9 Å². The van der Waals surface area contributed by atoms with Crippen molar-refractivity contribution in [3.63, 3.8) is 0 Å². The average molecular weight is 721 g/mol. The van der Waals surface area contributed by atoms with E-state index < -0.39 is 15.6 Å². The van der Waals surface area contributed by atoms with E-state index in [0.29, 0.717) is 6.42 Å². The second-order valence-corrected chi connectivity index (χ2v) is 14.2. The van der Waals surface area contributed by atoms with Crippen molar-refractivity contribution >= 4 is 15.6 Å². The Hall–Kier alpha value is 3.49. The van der Waals surface area contributed by atoms with Crippen LogP contribution in [0.15, 0.2) is 0 Å². The molecule has 0 bridgehead atoms. The molecular formula is C32H68K2O8P2. The summed E-state index contributed by atoms with van der Waals surface area (Å²) < 4.78 is 29.2. The number of phosphoric acid groups is 2. The van der Waals surface area contributed by atoms with Crippen molar-refractivity contribution in [3.8, 4) is 0 Å². The van der Waals surface area contributed by atoms with Crippen LogP contribution in [0.5, 0.6) is 0 Å². The molecule has 0 aliphatic heterocycles. The molecule has 12 heteroatoms. The molecule has 8 nitrogen and oxygen atoms in total. The Morgan fingerprint density at radius 1 is 0.409 bits per heavy atom. The molecule has 0 heterocycles. The van der Waals surface area contributed by atoms with E-state index in [0.717, 1.165) is 32.1 Å². The first-order valence-electron chi connectivity index (χ1n) is 17.5. The summed E-state index contributed by atoms with van der Waals surface area (Å²) >= 11 is 0. The number of unbranched alkanes of at least 4 members (excludes halogenated alkanes) is 26. The summed E-state index contributed by atoms with van der Waals surface area (Å²) in [5, 5.41) is 0. The Morgan fingerprint density at radius 2 is 0.614 bits per heavy atom. The van der Waals surface area contributed by atoms with Crippen molar-refractivity contribution in [2.24, 2.45) is 0 Å². The van der Waals surface area contributed by atoms with E-state index in [1.807, 2.05) is 0 Å². The fourth-order valence-electron chi connectivity index (χ4n) is 4.95. The first-order chi connectivity index (χ1) is 20.1. The summed E-state index contributed by atoms with van der Waals surface area (Å²) in [6, 6.07) is 0. The molecule has 0 amide bonds. The molecule has 256 valence electrons. The molecule has 0 aliphatic carbocycles. The molecule has 0 saturated carbocycles. The van der Waals surface area contributed by atoms with Gasteiger partial charge in [0.2, 0.25) is 0 Å². The van der Waals surface area contributed by atoms with Crippen molar-refractivity contribution in [3.05, 3.63) is 0 Å². The van der Waals surface area contributed by atoms with Gasteiger partial charge in [0.15, 0.2) is 0 Å². The molecule has 2 N–H and O–H groups in total. The minimum atomic E-state index is -4.75. The van der Waals surface area contributed by atoms with Crippen LogP contribution >= 0.6 is 15.6 Å². The van der Waals surface area contributed by atoms with E-state index in [-0.39, 0.29) is 116 Å². The van der Waals surface area contributed by atoms with Crippen LogP contribution in [-0.4, -0.2) is 23.0 Å². The Kier molecular flexibility index (Phi) is 52.6. The van der Waals surface area contributed by atoms with Crippen LogP contribution in [0.4, 0.5) is 0 Å². The van der Waals surface area contributed by atoms with Gasteiger partial charge in [0.25, 0.3) is 0 Å². The predicted octanol–water partition coefficient (Wildman–Crippen LogP) is 3.90. The molecule has 0 aromatic rings. The van der Waals surface area contributed by atoms with Gasteiger partial charge in [-0.3, -0.25) is 4.52 Å². The largest absolute Gasteiger partial charge is 1.00 e. The van der Waals surface area contributed by atoms with Crippen LogP contribution < -0.4 is 113 Å². The van der Waals surface area contributed by atoms with Gasteiger partial charge in [-0.2, -0.15) is 0 Å². The van der Waals surface area contributed by atoms with Crippen molar-refractivity contribution in [1.82, 2.24) is 0 Å². The van der Waals surface area contributed by atoms with Crippen LogP contribution in [0.25, 0.3) is 0 Å². The molecule has 0 unspecified atom stereocenters. The smallest absolute Gasteiger partial charge is 0.790 e. The molecule has 0 fully saturated rings. The van der Waals surface area contributed by atoms with E-state index in [1.54, 1.807) is 0 Å². The molecular weight excluding hydrogens is 652 g/mol. The topological polar surface area (TPSA) is 139 Å². The maximum atomic E-state index is 10.4. The van der Waals surface area contributed by atoms with Gasteiger partial charge in [0.1, 0.15) is 0 Å². The summed E-state index contributed by atoms with van der Waals surface area (Å²) in [5.74, 6) is 0. The Labute approximate surface area is 357 Å². The SMILES string of the molecule is CCCCCCCCCCCCCCCCOP(=O)(O)O.CCCCCCCCCCCCCCCCOP(=O)([O-])[O-].[K+].[K+]. The van der Waals surface area contributed by atoms with Gasteiger partial charge >= 0.3 is 111 Å². The summed E-state index contributed by atoms with van der Waals surface area (Å²) in [5.41, 5.74) is 0. The second-order valence-electron chi connectivity index (χ2n) is 11.8. The maximum absolute atomic E-state index is 10.4. The predicted molar refractivity (Wildman–Crippen MR) is 172 cm³/mol. The molecule has 0 atom stereocenters. The first-order valence-corrected chi connectivity index (χ1v) is 20.5. The molecule has 0 saturated heterocycles. The third kappa shape index (κ3) is 57.7. The van der Waals surface area contributed by atoms with Gasteiger partial charge in [-0.15, -0.1) is 0 Å². The van der Waals surface area contributed by atoms with Crippen LogP contribution in [0.3, 0.4) is 0 Å². The Morgan fingerprint density at radius 3 is 0.818 bits per heavy atom. The summed E-state index contributed by atoms with van der Waals surface area (Å²) in [4.78, 5) is 37.5. The van der Waals surface area contributed by atoms with Gasteiger partial charge in [-0.1, -0.05) is 181 Å². The zero-order chi connectivity index (χ0) is 31.6. The molecule has 44 heavy (non-hydrogen) atoms. The number of rotatable bonds is 32. The number of phosphoric ester groups is 2. The molecule has 0 rings (SSSR count). The van der Waals surface area contributed by atoms with Crippen LogP contribution in [0, 0.1) is 0 Å². The summed E-state index contributed by atoms with van der Waals surface area (Å²) in [6.07, 6.45) is 35.2. The fraction of sp³-hybridized carbons (Fsp3) is 1.00. The minimum absolute atomic E-state index is 0. The molecule has 0 spiro atoms. The van der Waals surface area contributed by atoms with Gasteiger partial charge < -0.3 is 28.7 Å². The molecule has 0 radical (unpaired) electrons. The fourth-order valence-corrected chi connectivity index (χ4v) is 5.67. The Balaban J connectivity index is -0.000000348. The zero-order valence-corrected chi connectivity index (χ0v) is 37.5. The molecule has 0 aromatic heterocycles. The van der Waals surface area contributed by atoms with Crippen LogP contribution in [0.1, 0.15) is 194 Å². The quantitative estimate of drug-likeness (QED) is 0.0607. The van der Waals surface area contributed by atoms with E-state index >= 15 is 0 Å². The van der Waals surface area contributed by atoms with Gasteiger partial charge in [0, 0.05) is 0 Å². The zero-order valence-electron chi connectivity index (χ0n) is 29.5. The van der Waals surface area contributed by atoms with Crippen molar-refractivity contribution in [1.29, 1.82) is 0 Å². The van der Waals surface area contributed by atoms with E-state index in [1.165, 1.54) is 141 Å². The third-order valence-corrected chi connectivity index (χ3v) is 8.52. The Bertz CT molecular complexity index is 569. The van der Waals surface area contributed by atoms with Crippen LogP contribution in [-0.2, 0) is 18.2 Å². The van der Waals surface area contributed by atoms with E-state index in [4.69, 9.17) is 9.79 Å². The van der Waals surface area contributed by atoms with Crippen molar-refractivity contribution in [2.45, 2.75) is 194 Å². The average Bonchev–Trinajstić information content (AvgIpc) is 2.92. The summed E-state index contributed by atoms with van der Waals surface area (Å²) in [6.45, 7) is 4.72. The number of hydrogen-bond acceptors (Lipinski definition) is 6. The van der Waals surface area contributed by atoms with Crippen molar-refractivity contribution in [2.75, 3.05) is 13.2 Å². The summed E-state index contributed by atoms with van der Waals surface area (Å²) in [7, 11) is -9.00.